The number of aryl methyl sites for hydroxylation is 2. The van der Waals surface area contributed by atoms with E-state index in [1.54, 1.807) is 0 Å². The molecule has 0 atom stereocenters. The van der Waals surface area contributed by atoms with E-state index >= 15 is 0 Å². The maximum absolute atomic E-state index is 2.53. The van der Waals surface area contributed by atoms with Crippen LogP contribution in [0, 0.1) is 13.8 Å². The summed E-state index contributed by atoms with van der Waals surface area (Å²) in [7, 11) is 0. The summed E-state index contributed by atoms with van der Waals surface area (Å²) in [5, 5.41) is 0. The van der Waals surface area contributed by atoms with Crippen molar-refractivity contribution in [1.29, 1.82) is 0 Å². The van der Waals surface area contributed by atoms with Gasteiger partial charge >= 0.3 is 0 Å². The zero-order valence-electron chi connectivity index (χ0n) is 46.6. The van der Waals surface area contributed by atoms with E-state index in [2.05, 4.69) is 290 Å². The Morgan fingerprint density at radius 2 is 0.486 bits per heavy atom. The monoisotopic (exact) mass is 966 g/mol. The summed E-state index contributed by atoms with van der Waals surface area (Å²) in [4.78, 5) is 2.53. The second-order valence-corrected chi connectivity index (χ2v) is 25.5. The van der Waals surface area contributed by atoms with Crippen LogP contribution in [0.2, 0.25) is 0 Å². The molecule has 10 rings (SSSR count). The van der Waals surface area contributed by atoms with Gasteiger partial charge in [-0.05, 0) is 202 Å². The summed E-state index contributed by atoms with van der Waals surface area (Å²) in [6.45, 7) is 31.9. The molecule has 0 radical (unpaired) electrons. The molecule has 9 aromatic rings. The van der Waals surface area contributed by atoms with Crippen molar-refractivity contribution in [3.63, 3.8) is 0 Å². The minimum atomic E-state index is 0.0587. The molecule has 1 aliphatic rings. The van der Waals surface area contributed by atoms with E-state index in [0.717, 1.165) is 12.1 Å². The van der Waals surface area contributed by atoms with Crippen molar-refractivity contribution in [2.24, 2.45) is 0 Å². The minimum Gasteiger partial charge on any atom is -0.310 e. The van der Waals surface area contributed by atoms with E-state index in [0.29, 0.717) is 0 Å². The van der Waals surface area contributed by atoms with Crippen LogP contribution in [0.15, 0.2) is 188 Å². The van der Waals surface area contributed by atoms with Gasteiger partial charge in [-0.15, -0.1) is 0 Å². The molecule has 1 nitrogen and oxygen atoms in total. The largest absolute Gasteiger partial charge is 0.310 e. The normalized spacial score (nSPS) is 12.9. The van der Waals surface area contributed by atoms with Gasteiger partial charge in [0.25, 0.3) is 0 Å². The molecule has 1 heterocycles. The molecule has 1 heteroatoms. The number of fused-ring (bicyclic) bond motifs is 2. The first-order valence-electron chi connectivity index (χ1n) is 26.8. The minimum absolute atomic E-state index is 0.0587. The molecular weight excluding hydrogens is 891 g/mol. The molecule has 1 aliphatic heterocycles. The third kappa shape index (κ3) is 10.5. The van der Waals surface area contributed by atoms with Gasteiger partial charge in [-0.25, -0.2) is 0 Å². The Bertz CT molecular complexity index is 3130. The molecule has 0 amide bonds. The molecule has 9 aromatic carbocycles. The highest BCUT2D eigenvalue weighted by molar-refractivity contribution is 5.92. The van der Waals surface area contributed by atoms with Crippen molar-refractivity contribution in [2.45, 2.75) is 125 Å². The third-order valence-electron chi connectivity index (χ3n) is 15.4. The molecule has 74 heavy (non-hydrogen) atoms. The fourth-order valence-electron chi connectivity index (χ4n) is 10.7. The SMILES string of the molecule is Cc1ccc2c(c1)Cc1cc(C)ccc1N2c1cc(-c2cc(-c3ccc(C(C)(C)C)cc3)cc(-c3ccc(C(C)(C)C)cc3)c2)cc(-c2cc(-c3ccc(C(C)(C)C)cc3)cc(-c3ccc(C(C)(C)C)cc3)c2)c1. The summed E-state index contributed by atoms with van der Waals surface area (Å²) in [6.07, 6.45) is 0.901. The van der Waals surface area contributed by atoms with Crippen molar-refractivity contribution in [3.8, 4) is 66.8 Å². The van der Waals surface area contributed by atoms with Crippen LogP contribution in [0.5, 0.6) is 0 Å². The van der Waals surface area contributed by atoms with Crippen LogP contribution < -0.4 is 4.90 Å². The smallest absolute Gasteiger partial charge is 0.0497 e. The molecule has 0 fully saturated rings. The fraction of sp³-hybridized carbons (Fsp3) is 0.260. The van der Waals surface area contributed by atoms with Gasteiger partial charge < -0.3 is 4.90 Å². The van der Waals surface area contributed by atoms with Crippen LogP contribution in [0.3, 0.4) is 0 Å². The Hall–Kier alpha value is -7.22. The highest BCUT2D eigenvalue weighted by Gasteiger charge is 2.26. The molecule has 0 N–H and O–H groups in total. The molecule has 0 unspecified atom stereocenters. The van der Waals surface area contributed by atoms with Gasteiger partial charge in [0.2, 0.25) is 0 Å². The molecule has 0 bridgehead atoms. The first kappa shape index (κ1) is 50.3. The van der Waals surface area contributed by atoms with Crippen LogP contribution >= 0.6 is 0 Å². The lowest BCUT2D eigenvalue weighted by Gasteiger charge is -2.34. The molecule has 372 valence electrons. The summed E-state index contributed by atoms with van der Waals surface area (Å²) in [5.74, 6) is 0. The van der Waals surface area contributed by atoms with E-state index in [9.17, 15) is 0 Å². The Balaban J connectivity index is 1.24. The topological polar surface area (TPSA) is 3.24 Å². The molecule has 0 aromatic heterocycles. The number of rotatable bonds is 7. The summed E-state index contributed by atoms with van der Waals surface area (Å²) in [6, 6.07) is 72.8. The standard InChI is InChI=1S/C73H75N/c1-47-15-33-68-61(35-47)44-62-36-48(2)16-34-69(62)74(68)67-45-59(57-39-53(49-17-25-63(26-18-49)70(3,4)5)37-54(40-57)50-19-27-64(28-20-50)71(6,7)8)43-60(46-67)58-41-55(51-21-29-65(30-22-51)72(9,10)11)38-56(42-58)52-23-31-66(32-24-52)73(12,13)14/h15-43,45-46H,44H2,1-14H3. The zero-order chi connectivity index (χ0) is 52.5. The Kier molecular flexibility index (Phi) is 12.9. The summed E-state index contributed by atoms with van der Waals surface area (Å²) in [5.41, 5.74) is 28.7. The molecule has 0 saturated heterocycles. The van der Waals surface area contributed by atoms with E-state index in [-0.39, 0.29) is 21.7 Å². The van der Waals surface area contributed by atoms with Crippen LogP contribution in [0.25, 0.3) is 66.8 Å². The Labute approximate surface area is 444 Å². The maximum atomic E-state index is 2.53. The van der Waals surface area contributed by atoms with E-state index in [1.165, 1.54) is 123 Å². The first-order valence-corrected chi connectivity index (χ1v) is 26.8. The van der Waals surface area contributed by atoms with Crippen LogP contribution in [-0.4, -0.2) is 0 Å². The number of hydrogen-bond acceptors (Lipinski definition) is 1. The highest BCUT2D eigenvalue weighted by atomic mass is 15.2. The quantitative estimate of drug-likeness (QED) is 0.154. The summed E-state index contributed by atoms with van der Waals surface area (Å²) < 4.78 is 0. The Morgan fingerprint density at radius 1 is 0.257 bits per heavy atom. The zero-order valence-corrected chi connectivity index (χ0v) is 46.6. The van der Waals surface area contributed by atoms with Crippen molar-refractivity contribution >= 4 is 17.1 Å². The number of hydrogen-bond donors (Lipinski definition) is 0. The van der Waals surface area contributed by atoms with Crippen molar-refractivity contribution in [2.75, 3.05) is 4.90 Å². The number of anilines is 3. The van der Waals surface area contributed by atoms with E-state index in [4.69, 9.17) is 0 Å². The van der Waals surface area contributed by atoms with Crippen LogP contribution in [0.4, 0.5) is 17.1 Å². The Morgan fingerprint density at radius 3 is 0.730 bits per heavy atom. The average molecular weight is 966 g/mol. The third-order valence-corrected chi connectivity index (χ3v) is 15.4. The number of benzene rings is 9. The molecule has 0 spiro atoms. The van der Waals surface area contributed by atoms with Gasteiger partial charge in [0.15, 0.2) is 0 Å². The average Bonchev–Trinajstić information content (AvgIpc) is 3.36. The van der Waals surface area contributed by atoms with Gasteiger partial charge in [0.05, 0.1) is 0 Å². The highest BCUT2D eigenvalue weighted by Crippen LogP contribution is 2.48. The maximum Gasteiger partial charge on any atom is 0.0497 e. The van der Waals surface area contributed by atoms with Crippen molar-refractivity contribution in [3.05, 3.63) is 233 Å². The predicted octanol–water partition coefficient (Wildman–Crippen LogP) is 20.9. The molecule has 0 saturated carbocycles. The van der Waals surface area contributed by atoms with E-state index in [1.807, 2.05) is 0 Å². The molecular formula is C73H75N. The van der Waals surface area contributed by atoms with E-state index < -0.39 is 0 Å². The second-order valence-electron chi connectivity index (χ2n) is 25.5. The van der Waals surface area contributed by atoms with Gasteiger partial charge in [-0.1, -0.05) is 216 Å². The predicted molar refractivity (Wildman–Crippen MR) is 321 cm³/mol. The lowest BCUT2D eigenvalue weighted by atomic mass is 9.84. The van der Waals surface area contributed by atoms with Gasteiger partial charge in [0, 0.05) is 23.5 Å². The first-order chi connectivity index (χ1) is 34.9. The van der Waals surface area contributed by atoms with Crippen molar-refractivity contribution < 1.29 is 0 Å². The van der Waals surface area contributed by atoms with Crippen LogP contribution in [0.1, 0.15) is 128 Å². The van der Waals surface area contributed by atoms with Crippen molar-refractivity contribution in [1.82, 2.24) is 0 Å². The number of nitrogens with zero attached hydrogens (tertiary/aromatic N) is 1. The lowest BCUT2D eigenvalue weighted by Crippen LogP contribution is -2.19. The lowest BCUT2D eigenvalue weighted by molar-refractivity contribution is 0.590. The fourth-order valence-corrected chi connectivity index (χ4v) is 10.7. The van der Waals surface area contributed by atoms with Gasteiger partial charge in [-0.2, -0.15) is 0 Å². The second kappa shape index (κ2) is 18.9. The molecule has 0 aliphatic carbocycles. The van der Waals surface area contributed by atoms with Gasteiger partial charge in [0.1, 0.15) is 0 Å². The van der Waals surface area contributed by atoms with Gasteiger partial charge in [-0.3, -0.25) is 0 Å². The summed E-state index contributed by atoms with van der Waals surface area (Å²) >= 11 is 0. The van der Waals surface area contributed by atoms with Crippen LogP contribution in [-0.2, 0) is 28.1 Å².